The van der Waals surface area contributed by atoms with Crippen molar-refractivity contribution in [3.63, 3.8) is 0 Å². The number of fused-ring (bicyclic) bond motifs is 1. The van der Waals surface area contributed by atoms with Crippen LogP contribution >= 0.6 is 0 Å². The van der Waals surface area contributed by atoms with Crippen molar-refractivity contribution < 1.29 is 22.7 Å². The molecule has 0 saturated carbocycles. The first-order valence-corrected chi connectivity index (χ1v) is 9.10. The van der Waals surface area contributed by atoms with Gasteiger partial charge in [-0.25, -0.2) is 8.42 Å². The first-order valence-electron chi connectivity index (χ1n) is 7.66. The Kier molecular flexibility index (Phi) is 4.16. The molecule has 0 spiro atoms. The predicted molar refractivity (Wildman–Crippen MR) is 82.5 cm³/mol. The van der Waals surface area contributed by atoms with Crippen LogP contribution in [0.15, 0.2) is 27.5 Å². The number of carboxylic acids is 1. The summed E-state index contributed by atoms with van der Waals surface area (Å²) in [5, 5.41) is 11.5. The van der Waals surface area contributed by atoms with Crippen molar-refractivity contribution in [3.8, 4) is 0 Å². The predicted octanol–water partition coefficient (Wildman–Crippen LogP) is 1.67. The third kappa shape index (κ3) is 2.86. The van der Waals surface area contributed by atoms with Gasteiger partial charge < -0.3 is 14.3 Å². The number of benzene rings is 1. The molecule has 0 N–H and O–H groups in total. The van der Waals surface area contributed by atoms with Crippen molar-refractivity contribution >= 4 is 27.0 Å². The fourth-order valence-corrected chi connectivity index (χ4v) is 4.53. The van der Waals surface area contributed by atoms with E-state index < -0.39 is 16.0 Å². The second kappa shape index (κ2) is 5.98. The van der Waals surface area contributed by atoms with E-state index in [-0.39, 0.29) is 10.7 Å². The lowest BCUT2D eigenvalue weighted by atomic mass is 10.1. The Balaban J connectivity index is 2.05. The number of hydrogen-bond acceptors (Lipinski definition) is 5. The van der Waals surface area contributed by atoms with Gasteiger partial charge in [0.05, 0.1) is 4.90 Å². The zero-order chi connectivity index (χ0) is 16.6. The van der Waals surface area contributed by atoms with Gasteiger partial charge in [-0.05, 0) is 38.0 Å². The van der Waals surface area contributed by atoms with Crippen LogP contribution < -0.4 is 5.11 Å². The maximum atomic E-state index is 12.8. The number of hydrogen-bond donors (Lipinski definition) is 0. The van der Waals surface area contributed by atoms with Crippen molar-refractivity contribution in [2.45, 2.75) is 37.5 Å². The molecule has 23 heavy (non-hydrogen) atoms. The van der Waals surface area contributed by atoms with Gasteiger partial charge >= 0.3 is 0 Å². The lowest BCUT2D eigenvalue weighted by Gasteiger charge is -2.19. The Labute approximate surface area is 134 Å². The average Bonchev–Trinajstić information content (AvgIpc) is 2.70. The van der Waals surface area contributed by atoms with Gasteiger partial charge in [0, 0.05) is 24.0 Å². The third-order valence-electron chi connectivity index (χ3n) is 4.30. The molecule has 1 saturated heterocycles. The van der Waals surface area contributed by atoms with Gasteiger partial charge in [0.2, 0.25) is 10.0 Å². The van der Waals surface area contributed by atoms with Gasteiger partial charge in [-0.2, -0.15) is 4.31 Å². The van der Waals surface area contributed by atoms with Crippen LogP contribution in [0.2, 0.25) is 0 Å². The van der Waals surface area contributed by atoms with Crippen molar-refractivity contribution in [1.82, 2.24) is 4.31 Å². The minimum Gasteiger partial charge on any atom is -0.542 e. The summed E-state index contributed by atoms with van der Waals surface area (Å²) in [5.74, 6) is -1.67. The van der Waals surface area contributed by atoms with Crippen molar-refractivity contribution in [1.29, 1.82) is 0 Å². The molecule has 0 radical (unpaired) electrons. The van der Waals surface area contributed by atoms with Crippen LogP contribution in [0.4, 0.5) is 0 Å². The molecule has 1 aliphatic heterocycles. The zero-order valence-electron chi connectivity index (χ0n) is 12.9. The molecule has 2 heterocycles. The highest BCUT2D eigenvalue weighted by molar-refractivity contribution is 7.89. The normalized spacial score (nSPS) is 17.3. The molecule has 1 fully saturated rings. The first kappa shape index (κ1) is 16.0. The second-order valence-electron chi connectivity index (χ2n) is 5.82. The summed E-state index contributed by atoms with van der Waals surface area (Å²) in [6.45, 7) is 2.63. The topological polar surface area (TPSA) is 90.6 Å². The number of furan rings is 1. The van der Waals surface area contributed by atoms with Crippen LogP contribution in [0, 0.1) is 6.92 Å². The molecule has 0 amide bonds. The molecule has 7 heteroatoms. The molecule has 0 atom stereocenters. The smallest absolute Gasteiger partial charge is 0.243 e. The van der Waals surface area contributed by atoms with E-state index in [0.29, 0.717) is 29.6 Å². The third-order valence-corrected chi connectivity index (χ3v) is 6.19. The molecule has 6 nitrogen and oxygen atoms in total. The highest BCUT2D eigenvalue weighted by Gasteiger charge is 2.26. The molecular formula is C16H18NO5S-. The van der Waals surface area contributed by atoms with Gasteiger partial charge in [0.1, 0.15) is 11.6 Å². The summed E-state index contributed by atoms with van der Waals surface area (Å²) >= 11 is 0. The lowest BCUT2D eigenvalue weighted by molar-refractivity contribution is -0.257. The molecular weight excluding hydrogens is 318 g/mol. The Morgan fingerprint density at radius 2 is 1.83 bits per heavy atom. The van der Waals surface area contributed by atoms with E-state index in [2.05, 4.69) is 0 Å². The minimum atomic E-state index is -3.58. The molecule has 0 aliphatic carbocycles. The van der Waals surface area contributed by atoms with Gasteiger partial charge in [-0.1, -0.05) is 12.8 Å². The Morgan fingerprint density at radius 3 is 2.43 bits per heavy atom. The number of rotatable bonds is 3. The molecule has 2 aromatic rings. The molecule has 0 unspecified atom stereocenters. The van der Waals surface area contributed by atoms with E-state index >= 15 is 0 Å². The largest absolute Gasteiger partial charge is 0.542 e. The van der Waals surface area contributed by atoms with E-state index in [1.807, 2.05) is 0 Å². The number of nitrogens with zero attached hydrogens (tertiary/aromatic N) is 1. The Hall–Kier alpha value is -1.86. The van der Waals surface area contributed by atoms with Crippen LogP contribution in [0.25, 0.3) is 11.0 Å². The highest BCUT2D eigenvalue weighted by Crippen LogP contribution is 2.29. The SMILES string of the molecule is Cc1c(C(=O)[O-])oc2ccc(S(=O)(=O)N3CCCCCC3)cc12. The lowest BCUT2D eigenvalue weighted by Crippen LogP contribution is -2.31. The number of aromatic carboxylic acids is 1. The molecule has 124 valence electrons. The maximum Gasteiger partial charge on any atom is 0.243 e. The number of carbonyl (C=O) groups is 1. The van der Waals surface area contributed by atoms with Crippen LogP contribution in [0.1, 0.15) is 41.8 Å². The van der Waals surface area contributed by atoms with Gasteiger partial charge in [0.15, 0.2) is 5.76 Å². The van der Waals surface area contributed by atoms with Gasteiger partial charge in [-0.3, -0.25) is 0 Å². The fraction of sp³-hybridized carbons (Fsp3) is 0.438. The van der Waals surface area contributed by atoms with Crippen molar-refractivity contribution in [3.05, 3.63) is 29.5 Å². The van der Waals surface area contributed by atoms with E-state index in [0.717, 1.165) is 25.7 Å². The molecule has 0 bridgehead atoms. The molecule has 3 rings (SSSR count). The van der Waals surface area contributed by atoms with E-state index in [1.165, 1.54) is 22.5 Å². The van der Waals surface area contributed by atoms with Crippen molar-refractivity contribution in [2.24, 2.45) is 0 Å². The Morgan fingerprint density at radius 1 is 1.17 bits per heavy atom. The summed E-state index contributed by atoms with van der Waals surface area (Å²) in [4.78, 5) is 11.2. The van der Waals surface area contributed by atoms with Crippen LogP contribution in [0.5, 0.6) is 0 Å². The zero-order valence-corrected chi connectivity index (χ0v) is 13.7. The van der Waals surface area contributed by atoms with Crippen LogP contribution in [-0.2, 0) is 10.0 Å². The van der Waals surface area contributed by atoms with Gasteiger partial charge in [-0.15, -0.1) is 0 Å². The highest BCUT2D eigenvalue weighted by atomic mass is 32.2. The molecule has 1 aromatic carbocycles. The number of sulfonamides is 1. The summed E-state index contributed by atoms with van der Waals surface area (Å²) in [6, 6.07) is 4.45. The van der Waals surface area contributed by atoms with Crippen molar-refractivity contribution in [2.75, 3.05) is 13.1 Å². The van der Waals surface area contributed by atoms with E-state index in [1.54, 1.807) is 6.92 Å². The number of carbonyl (C=O) groups excluding carboxylic acids is 1. The molecule has 1 aliphatic rings. The standard InChI is InChI=1S/C16H19NO5S/c1-11-13-10-12(6-7-14(13)22-15(11)16(18)19)23(20,21)17-8-4-2-3-5-9-17/h6-7,10H,2-5,8-9H2,1H3,(H,18,19)/p-1. The van der Waals surface area contributed by atoms with E-state index in [9.17, 15) is 18.3 Å². The first-order chi connectivity index (χ1) is 10.9. The maximum absolute atomic E-state index is 12.8. The Bertz CT molecular complexity index is 845. The second-order valence-corrected chi connectivity index (χ2v) is 7.76. The summed E-state index contributed by atoms with van der Waals surface area (Å²) in [5.41, 5.74) is 0.726. The van der Waals surface area contributed by atoms with Crippen LogP contribution in [-0.4, -0.2) is 31.8 Å². The monoisotopic (exact) mass is 336 g/mol. The minimum absolute atomic E-state index is 0.167. The number of carboxylic acid groups (broad SMARTS) is 1. The van der Waals surface area contributed by atoms with E-state index in [4.69, 9.17) is 4.42 Å². The summed E-state index contributed by atoms with van der Waals surface area (Å²) < 4.78 is 32.3. The fourth-order valence-electron chi connectivity index (χ4n) is 2.99. The quantitative estimate of drug-likeness (QED) is 0.850. The van der Waals surface area contributed by atoms with Gasteiger partial charge in [0.25, 0.3) is 0 Å². The summed E-state index contributed by atoms with van der Waals surface area (Å²) in [6.07, 6.45) is 3.81. The number of aryl methyl sites for hydroxylation is 1. The summed E-state index contributed by atoms with van der Waals surface area (Å²) in [7, 11) is -3.58. The van der Waals surface area contributed by atoms with Crippen LogP contribution in [0.3, 0.4) is 0 Å². The average molecular weight is 336 g/mol. The molecule has 1 aromatic heterocycles.